The Morgan fingerprint density at radius 1 is 1.26 bits per heavy atom. The van der Waals surface area contributed by atoms with Gasteiger partial charge >= 0.3 is 0 Å². The Morgan fingerprint density at radius 3 is 2.89 bits per heavy atom. The Morgan fingerprint density at radius 2 is 2.11 bits per heavy atom. The maximum atomic E-state index is 10.3. The number of hydrogen-bond acceptors (Lipinski definition) is 10. The third kappa shape index (κ3) is 5.26. The van der Waals surface area contributed by atoms with Crippen molar-refractivity contribution < 1.29 is 14.6 Å². The van der Waals surface area contributed by atoms with Crippen molar-refractivity contribution in [1.29, 1.82) is 0 Å². The highest BCUT2D eigenvalue weighted by Crippen LogP contribution is 2.44. The van der Waals surface area contributed by atoms with Crippen molar-refractivity contribution in [1.82, 2.24) is 24.7 Å². The molecule has 3 aromatic heterocycles. The number of halogens is 1. The van der Waals surface area contributed by atoms with Crippen LogP contribution in [0.25, 0.3) is 10.2 Å². The molecule has 5 rings (SSSR count). The van der Waals surface area contributed by atoms with Crippen molar-refractivity contribution >= 4 is 49.9 Å². The van der Waals surface area contributed by atoms with Crippen LogP contribution in [-0.2, 0) is 13.7 Å². The van der Waals surface area contributed by atoms with Gasteiger partial charge in [0.1, 0.15) is 28.6 Å². The highest BCUT2D eigenvalue weighted by atomic mass is 35.5. The molecule has 1 saturated carbocycles. The molecular formula is C23H26ClN7O3S. The molecule has 1 aliphatic carbocycles. The van der Waals surface area contributed by atoms with Crippen LogP contribution >= 0.6 is 22.9 Å². The smallest absolute Gasteiger partial charge is 0.227 e. The number of fused-ring (bicyclic) bond motifs is 1. The molecule has 10 nitrogen and oxygen atoms in total. The van der Waals surface area contributed by atoms with E-state index < -0.39 is 0 Å². The van der Waals surface area contributed by atoms with Gasteiger partial charge in [0.05, 0.1) is 41.5 Å². The fraction of sp³-hybridized carbons (Fsp3) is 0.391. The van der Waals surface area contributed by atoms with Gasteiger partial charge in [-0.2, -0.15) is 5.10 Å². The van der Waals surface area contributed by atoms with E-state index >= 15 is 0 Å². The number of rotatable bonds is 8. The number of aliphatic hydroxyl groups excluding tert-OH is 1. The lowest BCUT2D eigenvalue weighted by Gasteiger charge is -2.27. The number of thiazole rings is 1. The molecule has 0 amide bonds. The van der Waals surface area contributed by atoms with E-state index in [2.05, 4.69) is 30.7 Å². The maximum Gasteiger partial charge on any atom is 0.227 e. The first-order valence-corrected chi connectivity index (χ1v) is 12.5. The zero-order valence-electron chi connectivity index (χ0n) is 19.4. The molecular weight excluding hydrogens is 490 g/mol. The average molecular weight is 516 g/mol. The van der Waals surface area contributed by atoms with Gasteiger partial charge in [-0.25, -0.2) is 15.0 Å². The van der Waals surface area contributed by atoms with Crippen molar-refractivity contribution in [3.8, 4) is 11.5 Å². The first-order valence-electron chi connectivity index (χ1n) is 11.3. The summed E-state index contributed by atoms with van der Waals surface area (Å²) in [5.41, 5.74) is 2.13. The number of aromatic nitrogens is 5. The molecule has 12 heteroatoms. The lowest BCUT2D eigenvalue weighted by atomic mass is 9.93. The molecule has 184 valence electrons. The Labute approximate surface area is 211 Å². The van der Waals surface area contributed by atoms with E-state index in [4.69, 9.17) is 21.1 Å². The number of aliphatic hydroxyl groups is 1. The molecule has 2 atom stereocenters. The fourth-order valence-corrected chi connectivity index (χ4v) is 5.35. The number of nitrogens with zero attached hydrogens (tertiary/aromatic N) is 5. The predicted octanol–water partition coefficient (Wildman–Crippen LogP) is 4.52. The Bertz CT molecular complexity index is 1330. The monoisotopic (exact) mass is 515 g/mol. The van der Waals surface area contributed by atoms with Crippen LogP contribution in [0, 0.1) is 0 Å². The van der Waals surface area contributed by atoms with Gasteiger partial charge in [-0.1, -0.05) is 35.8 Å². The number of ether oxygens (including phenoxy) is 2. The Kier molecular flexibility index (Phi) is 6.89. The minimum atomic E-state index is -0.377. The van der Waals surface area contributed by atoms with Gasteiger partial charge in [0.2, 0.25) is 5.95 Å². The number of aryl methyl sites for hydroxylation is 1. The molecule has 1 fully saturated rings. The maximum absolute atomic E-state index is 10.3. The summed E-state index contributed by atoms with van der Waals surface area (Å²) in [5.74, 6) is 1.49. The van der Waals surface area contributed by atoms with E-state index in [0.29, 0.717) is 38.8 Å². The Balaban J connectivity index is 1.34. The molecule has 4 aromatic rings. The zero-order chi connectivity index (χ0) is 24.4. The second kappa shape index (κ2) is 10.2. The molecule has 0 bridgehead atoms. The average Bonchev–Trinajstić information content (AvgIpc) is 3.46. The summed E-state index contributed by atoms with van der Waals surface area (Å²) in [6.07, 6.45) is 8.66. The van der Waals surface area contributed by atoms with E-state index in [-0.39, 0.29) is 18.8 Å². The molecule has 3 heterocycles. The van der Waals surface area contributed by atoms with Crippen molar-refractivity contribution in [2.45, 2.75) is 44.4 Å². The van der Waals surface area contributed by atoms with Crippen LogP contribution in [-0.4, -0.2) is 49.1 Å². The van der Waals surface area contributed by atoms with Gasteiger partial charge in [0.25, 0.3) is 0 Å². The molecule has 0 spiro atoms. The standard InChI is InChI=1S/C23H26ClN7O3S/c1-31-11-14(10-26-31)28-22-25-8-7-13(27-22)12-34-17-9-18(33-2)20-21(19(17)24)35-23(30-20)29-15-5-3-4-6-16(15)32/h7-11,15-16,32H,3-6,12H2,1-2H3,(H,29,30)(H,25,27,28). The summed E-state index contributed by atoms with van der Waals surface area (Å²) in [4.78, 5) is 13.4. The summed E-state index contributed by atoms with van der Waals surface area (Å²) in [6, 6.07) is 3.50. The largest absolute Gasteiger partial charge is 0.494 e. The van der Waals surface area contributed by atoms with Crippen LogP contribution in [0.3, 0.4) is 0 Å². The summed E-state index contributed by atoms with van der Waals surface area (Å²) in [6.45, 7) is 0.191. The van der Waals surface area contributed by atoms with E-state index in [1.165, 1.54) is 11.3 Å². The molecule has 1 aliphatic rings. The molecule has 3 N–H and O–H groups in total. The van der Waals surface area contributed by atoms with E-state index in [9.17, 15) is 5.11 Å². The molecule has 0 radical (unpaired) electrons. The quantitative estimate of drug-likeness (QED) is 0.311. The number of benzene rings is 1. The van der Waals surface area contributed by atoms with Crippen LogP contribution < -0.4 is 20.1 Å². The van der Waals surface area contributed by atoms with Crippen LogP contribution in [0.5, 0.6) is 11.5 Å². The number of hydrogen-bond donors (Lipinski definition) is 3. The summed E-state index contributed by atoms with van der Waals surface area (Å²) in [7, 11) is 3.43. The minimum absolute atomic E-state index is 0.0166. The van der Waals surface area contributed by atoms with Gasteiger partial charge in [-0.3, -0.25) is 4.68 Å². The van der Waals surface area contributed by atoms with Crippen LogP contribution in [0.4, 0.5) is 16.8 Å². The normalized spacial score (nSPS) is 17.9. The van der Waals surface area contributed by atoms with Crippen molar-refractivity contribution in [2.75, 3.05) is 17.7 Å². The van der Waals surface area contributed by atoms with Crippen LogP contribution in [0.1, 0.15) is 31.4 Å². The minimum Gasteiger partial charge on any atom is -0.494 e. The van der Waals surface area contributed by atoms with Crippen LogP contribution in [0.2, 0.25) is 5.02 Å². The van der Waals surface area contributed by atoms with Crippen molar-refractivity contribution in [3.05, 3.63) is 41.4 Å². The highest BCUT2D eigenvalue weighted by Gasteiger charge is 2.25. The fourth-order valence-electron chi connectivity index (χ4n) is 4.06. The van der Waals surface area contributed by atoms with E-state index in [0.717, 1.165) is 36.1 Å². The number of anilines is 3. The summed E-state index contributed by atoms with van der Waals surface area (Å²) >= 11 is 8.14. The van der Waals surface area contributed by atoms with Gasteiger partial charge in [0, 0.05) is 25.5 Å². The molecule has 0 saturated heterocycles. The lowest BCUT2D eigenvalue weighted by molar-refractivity contribution is 0.116. The Hall–Kier alpha value is -3.15. The lowest BCUT2D eigenvalue weighted by Crippen LogP contribution is -2.36. The molecule has 2 unspecified atom stereocenters. The molecule has 0 aliphatic heterocycles. The third-order valence-electron chi connectivity index (χ3n) is 5.85. The number of nitrogens with one attached hydrogen (secondary N) is 2. The zero-order valence-corrected chi connectivity index (χ0v) is 20.9. The summed E-state index contributed by atoms with van der Waals surface area (Å²) in [5, 5.41) is 22.1. The van der Waals surface area contributed by atoms with Crippen molar-refractivity contribution in [2.24, 2.45) is 7.05 Å². The van der Waals surface area contributed by atoms with E-state index in [1.807, 2.05) is 13.2 Å². The van der Waals surface area contributed by atoms with Gasteiger partial charge in [-0.15, -0.1) is 0 Å². The van der Waals surface area contributed by atoms with Gasteiger partial charge in [-0.05, 0) is 18.9 Å². The first kappa shape index (κ1) is 23.6. The number of methoxy groups -OCH3 is 1. The second-order valence-electron chi connectivity index (χ2n) is 8.38. The predicted molar refractivity (Wildman–Crippen MR) is 136 cm³/mol. The third-order valence-corrected chi connectivity index (χ3v) is 7.34. The molecule has 35 heavy (non-hydrogen) atoms. The molecule has 1 aromatic carbocycles. The van der Waals surface area contributed by atoms with Crippen LogP contribution in [0.15, 0.2) is 30.7 Å². The van der Waals surface area contributed by atoms with Gasteiger partial charge in [0.15, 0.2) is 5.13 Å². The van der Waals surface area contributed by atoms with E-state index in [1.54, 1.807) is 36.3 Å². The second-order valence-corrected chi connectivity index (χ2v) is 9.76. The van der Waals surface area contributed by atoms with Gasteiger partial charge < -0.3 is 25.2 Å². The highest BCUT2D eigenvalue weighted by molar-refractivity contribution is 7.22. The first-order chi connectivity index (χ1) is 17.0. The topological polar surface area (TPSA) is 119 Å². The summed E-state index contributed by atoms with van der Waals surface area (Å²) < 4.78 is 14.1. The van der Waals surface area contributed by atoms with Crippen molar-refractivity contribution in [3.63, 3.8) is 0 Å². The SMILES string of the molecule is COc1cc(OCc2ccnc(Nc3cnn(C)c3)n2)c(Cl)c2sc(NC3CCCCC3O)nc12.